The van der Waals surface area contributed by atoms with E-state index in [2.05, 4.69) is 26.6 Å². The quantitative estimate of drug-likeness (QED) is 0.695. The van der Waals surface area contributed by atoms with Gasteiger partial charge in [-0.2, -0.15) is 0 Å². The molecule has 0 saturated heterocycles. The van der Waals surface area contributed by atoms with E-state index in [-0.39, 0.29) is 23.2 Å². The number of hydrogen-bond donors (Lipinski definition) is 2. The van der Waals surface area contributed by atoms with Crippen molar-refractivity contribution in [1.82, 2.24) is 10.6 Å². The van der Waals surface area contributed by atoms with E-state index >= 15 is 0 Å². The van der Waals surface area contributed by atoms with Crippen LogP contribution in [0.25, 0.3) is 0 Å². The van der Waals surface area contributed by atoms with E-state index in [4.69, 9.17) is 0 Å². The molecule has 13 heavy (non-hydrogen) atoms. The van der Waals surface area contributed by atoms with Crippen molar-refractivity contribution in [3.05, 3.63) is 0 Å². The van der Waals surface area contributed by atoms with E-state index in [1.54, 1.807) is 0 Å². The number of alkyl halides is 1. The van der Waals surface area contributed by atoms with Crippen LogP contribution in [0.4, 0.5) is 0 Å². The number of rotatable bonds is 5. The molecule has 1 unspecified atom stereocenters. The largest absolute Gasteiger partial charge is 0.355 e. The summed E-state index contributed by atoms with van der Waals surface area (Å²) in [6, 6.07) is 0. The number of halogens is 1. The fourth-order valence-electron chi connectivity index (χ4n) is 0.723. The van der Waals surface area contributed by atoms with Crippen LogP contribution < -0.4 is 10.6 Å². The summed E-state index contributed by atoms with van der Waals surface area (Å²) in [7, 11) is 0. The van der Waals surface area contributed by atoms with Crippen molar-refractivity contribution >= 4 is 27.7 Å². The maximum atomic E-state index is 11.1. The highest BCUT2D eigenvalue weighted by atomic mass is 79.9. The van der Waals surface area contributed by atoms with E-state index in [1.807, 2.05) is 13.8 Å². The predicted octanol–water partition coefficient (Wildman–Crippen LogP) is 0.412. The Morgan fingerprint density at radius 3 is 2.38 bits per heavy atom. The molecule has 0 aliphatic carbocycles. The molecule has 0 radical (unpaired) electrons. The lowest BCUT2D eigenvalue weighted by Crippen LogP contribution is -2.39. The molecule has 2 N–H and O–H groups in total. The maximum Gasteiger partial charge on any atom is 0.239 e. The van der Waals surface area contributed by atoms with E-state index < -0.39 is 0 Å². The van der Waals surface area contributed by atoms with Gasteiger partial charge in [-0.1, -0.05) is 22.9 Å². The van der Waals surface area contributed by atoms with Gasteiger partial charge < -0.3 is 10.6 Å². The Morgan fingerprint density at radius 1 is 1.31 bits per heavy atom. The average Bonchev–Trinajstić information content (AvgIpc) is 2.13. The third kappa shape index (κ3) is 5.63. The SMILES string of the molecule is CCNC(=O)CNC(=O)C(Br)CC. The van der Waals surface area contributed by atoms with Crippen molar-refractivity contribution in [3.63, 3.8) is 0 Å². The molecule has 76 valence electrons. The van der Waals surface area contributed by atoms with Crippen molar-refractivity contribution in [3.8, 4) is 0 Å². The van der Waals surface area contributed by atoms with Gasteiger partial charge >= 0.3 is 0 Å². The van der Waals surface area contributed by atoms with Crippen LogP contribution in [0, 0.1) is 0 Å². The molecule has 1 atom stereocenters. The second kappa shape index (κ2) is 6.88. The maximum absolute atomic E-state index is 11.1. The van der Waals surface area contributed by atoms with Gasteiger partial charge in [0.15, 0.2) is 0 Å². The summed E-state index contributed by atoms with van der Waals surface area (Å²) in [6.45, 7) is 4.36. The molecule has 0 fully saturated rings. The van der Waals surface area contributed by atoms with Crippen LogP contribution in [0.2, 0.25) is 0 Å². The molecule has 0 aliphatic rings. The van der Waals surface area contributed by atoms with Crippen molar-refractivity contribution in [2.45, 2.75) is 25.1 Å². The van der Waals surface area contributed by atoms with Crippen LogP contribution in [0.5, 0.6) is 0 Å². The zero-order valence-corrected chi connectivity index (χ0v) is 9.48. The highest BCUT2D eigenvalue weighted by Crippen LogP contribution is 2.02. The monoisotopic (exact) mass is 250 g/mol. The minimum atomic E-state index is -0.207. The summed E-state index contributed by atoms with van der Waals surface area (Å²) in [4.78, 5) is 21.9. The number of nitrogens with one attached hydrogen (secondary N) is 2. The van der Waals surface area contributed by atoms with Gasteiger partial charge in [-0.15, -0.1) is 0 Å². The fraction of sp³-hybridized carbons (Fsp3) is 0.750. The Balaban J connectivity index is 3.63. The molecular formula is C8H15BrN2O2. The van der Waals surface area contributed by atoms with Gasteiger partial charge in [0.25, 0.3) is 0 Å². The summed E-state index contributed by atoms with van der Waals surface area (Å²) in [5.74, 6) is -0.305. The van der Waals surface area contributed by atoms with Gasteiger partial charge in [-0.25, -0.2) is 0 Å². The number of amides is 2. The smallest absolute Gasteiger partial charge is 0.239 e. The summed E-state index contributed by atoms with van der Waals surface area (Å²) >= 11 is 3.19. The van der Waals surface area contributed by atoms with Crippen LogP contribution in [-0.2, 0) is 9.59 Å². The Labute approximate surface area is 86.6 Å². The topological polar surface area (TPSA) is 58.2 Å². The minimum absolute atomic E-state index is 0.0504. The second-order valence-electron chi connectivity index (χ2n) is 2.55. The zero-order chi connectivity index (χ0) is 10.3. The average molecular weight is 251 g/mol. The van der Waals surface area contributed by atoms with Gasteiger partial charge in [0.2, 0.25) is 11.8 Å². The minimum Gasteiger partial charge on any atom is -0.355 e. The Bertz CT molecular complexity index is 185. The van der Waals surface area contributed by atoms with Gasteiger partial charge in [-0.05, 0) is 13.3 Å². The van der Waals surface area contributed by atoms with Gasteiger partial charge in [0, 0.05) is 6.54 Å². The fourth-order valence-corrected chi connectivity index (χ4v) is 0.885. The zero-order valence-electron chi connectivity index (χ0n) is 7.89. The molecule has 0 spiro atoms. The summed E-state index contributed by atoms with van der Waals surface area (Å²) in [5.41, 5.74) is 0. The molecule has 0 aromatic heterocycles. The van der Waals surface area contributed by atoms with Crippen LogP contribution in [0.1, 0.15) is 20.3 Å². The van der Waals surface area contributed by atoms with Gasteiger partial charge in [0.05, 0.1) is 11.4 Å². The van der Waals surface area contributed by atoms with E-state index in [9.17, 15) is 9.59 Å². The van der Waals surface area contributed by atoms with Gasteiger partial charge in [-0.3, -0.25) is 9.59 Å². The third-order valence-electron chi connectivity index (χ3n) is 1.44. The molecule has 0 aliphatic heterocycles. The van der Waals surface area contributed by atoms with E-state index in [1.165, 1.54) is 0 Å². The Hall–Kier alpha value is -0.580. The van der Waals surface area contributed by atoms with Gasteiger partial charge in [0.1, 0.15) is 0 Å². The molecule has 0 rings (SSSR count). The Morgan fingerprint density at radius 2 is 1.92 bits per heavy atom. The van der Waals surface area contributed by atoms with Crippen molar-refractivity contribution in [2.24, 2.45) is 0 Å². The van der Waals surface area contributed by atoms with E-state index in [0.717, 1.165) is 0 Å². The lowest BCUT2D eigenvalue weighted by molar-refractivity contribution is -0.125. The van der Waals surface area contributed by atoms with Crippen LogP contribution in [-0.4, -0.2) is 29.7 Å². The highest BCUT2D eigenvalue weighted by Gasteiger charge is 2.12. The summed E-state index contributed by atoms with van der Waals surface area (Å²) < 4.78 is 0. The lowest BCUT2D eigenvalue weighted by Gasteiger charge is -2.07. The van der Waals surface area contributed by atoms with Crippen molar-refractivity contribution < 1.29 is 9.59 Å². The molecule has 0 aromatic rings. The van der Waals surface area contributed by atoms with Crippen molar-refractivity contribution in [1.29, 1.82) is 0 Å². The summed E-state index contributed by atoms with van der Waals surface area (Å²) in [6.07, 6.45) is 0.710. The summed E-state index contributed by atoms with van der Waals surface area (Å²) in [5, 5.41) is 5.11. The first-order valence-electron chi connectivity index (χ1n) is 4.30. The standard InChI is InChI=1S/C8H15BrN2O2/c1-3-6(9)8(13)11-5-7(12)10-4-2/h6H,3-5H2,1-2H3,(H,10,12)(H,11,13). The first-order valence-corrected chi connectivity index (χ1v) is 5.21. The van der Waals surface area contributed by atoms with Crippen LogP contribution >= 0.6 is 15.9 Å². The molecule has 2 amide bonds. The van der Waals surface area contributed by atoms with Crippen LogP contribution in [0.15, 0.2) is 0 Å². The molecule has 0 aromatic carbocycles. The molecule has 5 heteroatoms. The first-order chi connectivity index (χ1) is 6.11. The normalized spacial score (nSPS) is 11.9. The second-order valence-corrected chi connectivity index (χ2v) is 3.65. The predicted molar refractivity (Wildman–Crippen MR) is 54.7 cm³/mol. The molecule has 4 nitrogen and oxygen atoms in total. The van der Waals surface area contributed by atoms with Crippen molar-refractivity contribution in [2.75, 3.05) is 13.1 Å². The molecule has 0 saturated carbocycles. The first kappa shape index (κ1) is 12.4. The highest BCUT2D eigenvalue weighted by molar-refractivity contribution is 9.10. The Kier molecular flexibility index (Phi) is 6.58. The molecular weight excluding hydrogens is 236 g/mol. The number of carbonyl (C=O) groups excluding carboxylic acids is 2. The van der Waals surface area contributed by atoms with E-state index in [0.29, 0.717) is 13.0 Å². The lowest BCUT2D eigenvalue weighted by atomic mass is 10.3. The number of carbonyl (C=O) groups is 2. The number of hydrogen-bond acceptors (Lipinski definition) is 2. The molecule has 0 heterocycles. The van der Waals surface area contributed by atoms with Crippen LogP contribution in [0.3, 0.4) is 0 Å². The number of likely N-dealkylation sites (N-methyl/N-ethyl adjacent to an activating group) is 1. The third-order valence-corrected chi connectivity index (χ3v) is 2.50. The molecule has 0 bridgehead atoms.